The van der Waals surface area contributed by atoms with E-state index in [2.05, 4.69) is 89.5 Å². The summed E-state index contributed by atoms with van der Waals surface area (Å²) >= 11 is 1.85. The van der Waals surface area contributed by atoms with E-state index < -0.39 is 0 Å². The van der Waals surface area contributed by atoms with E-state index in [1.807, 2.05) is 72.0 Å². The van der Waals surface area contributed by atoms with Gasteiger partial charge in [-0.15, -0.1) is 11.3 Å². The molecule has 0 N–H and O–H groups in total. The summed E-state index contributed by atoms with van der Waals surface area (Å²) in [5.74, 6) is 1.98. The normalized spacial score (nSPS) is 11.6. The molecule has 5 heteroatoms. The summed E-state index contributed by atoms with van der Waals surface area (Å²) in [7, 11) is 0. The molecule has 6 aromatic carbocycles. The summed E-state index contributed by atoms with van der Waals surface area (Å²) in [4.78, 5) is 15.9. The van der Waals surface area contributed by atoms with E-state index in [1.165, 1.54) is 42.0 Å². The number of hydrogen-bond acceptors (Lipinski definition) is 4. The highest BCUT2D eigenvalue weighted by Gasteiger charge is 2.19. The van der Waals surface area contributed by atoms with Gasteiger partial charge in [-0.25, -0.2) is 15.0 Å². The van der Waals surface area contributed by atoms with Crippen molar-refractivity contribution in [1.82, 2.24) is 19.5 Å². The van der Waals surface area contributed by atoms with E-state index in [0.29, 0.717) is 17.5 Å². The van der Waals surface area contributed by atoms with Gasteiger partial charge in [0, 0.05) is 43.2 Å². The molecule has 0 aliphatic rings. The molecule has 0 aliphatic heterocycles. The van der Waals surface area contributed by atoms with Crippen molar-refractivity contribution in [3.8, 4) is 39.9 Å². The molecule has 0 unspecified atom stereocenters. The fraction of sp³-hybridized carbons (Fsp3) is 0. The SMILES string of the molecule is c1ccc(-c2nc(-c3ccccc3)nc(-c3ccc(-n4c5ccccc5c5c6c(ccc7ccccc76)sc54)cc3)n2)cc1. The summed E-state index contributed by atoms with van der Waals surface area (Å²) in [5, 5.41) is 6.49. The molecule has 9 rings (SSSR count). The Morgan fingerprint density at radius 2 is 0.977 bits per heavy atom. The minimum atomic E-state index is 0.653. The molecular formula is C39H24N4S. The Balaban J connectivity index is 1.22. The minimum Gasteiger partial charge on any atom is -0.301 e. The van der Waals surface area contributed by atoms with Crippen LogP contribution in [0.3, 0.4) is 0 Å². The number of rotatable bonds is 4. The standard InChI is InChI=1S/C39H24N4S/c1-3-12-26(13-4-1)36-40-37(27-14-5-2-6-15-27)42-38(41-36)28-19-22-29(23-20-28)43-32-18-10-9-17-31(32)35-34-30-16-8-7-11-25(30)21-24-33(34)44-39(35)43/h1-24H. The Morgan fingerprint density at radius 3 is 1.64 bits per heavy atom. The van der Waals surface area contributed by atoms with Gasteiger partial charge < -0.3 is 4.57 Å². The second-order valence-electron chi connectivity index (χ2n) is 10.9. The van der Waals surface area contributed by atoms with Crippen molar-refractivity contribution < 1.29 is 0 Å². The number of fused-ring (bicyclic) bond motifs is 7. The first-order valence-electron chi connectivity index (χ1n) is 14.6. The fourth-order valence-electron chi connectivity index (χ4n) is 6.21. The zero-order valence-electron chi connectivity index (χ0n) is 23.6. The van der Waals surface area contributed by atoms with Gasteiger partial charge in [-0.3, -0.25) is 0 Å². The van der Waals surface area contributed by atoms with Gasteiger partial charge in [0.2, 0.25) is 0 Å². The van der Waals surface area contributed by atoms with E-state index in [1.54, 1.807) is 0 Å². The molecule has 0 radical (unpaired) electrons. The Hall–Kier alpha value is -5.65. The lowest BCUT2D eigenvalue weighted by atomic mass is 10.0. The summed E-state index contributed by atoms with van der Waals surface area (Å²) in [6.45, 7) is 0. The van der Waals surface area contributed by atoms with Gasteiger partial charge in [0.1, 0.15) is 4.83 Å². The van der Waals surface area contributed by atoms with E-state index >= 15 is 0 Å². The Labute approximate surface area is 257 Å². The Kier molecular flexibility index (Phi) is 5.64. The van der Waals surface area contributed by atoms with E-state index in [0.717, 1.165) is 22.4 Å². The molecule has 9 aromatic rings. The Morgan fingerprint density at radius 1 is 0.432 bits per heavy atom. The largest absolute Gasteiger partial charge is 0.301 e. The first-order chi connectivity index (χ1) is 21.8. The van der Waals surface area contributed by atoms with Gasteiger partial charge in [0.15, 0.2) is 17.5 Å². The molecule has 4 nitrogen and oxygen atoms in total. The number of para-hydroxylation sites is 1. The molecule has 0 spiro atoms. The molecule has 206 valence electrons. The van der Waals surface area contributed by atoms with Crippen LogP contribution in [-0.4, -0.2) is 19.5 Å². The zero-order valence-corrected chi connectivity index (χ0v) is 24.4. The summed E-state index contributed by atoms with van der Waals surface area (Å²) in [6, 6.07) is 50.7. The van der Waals surface area contributed by atoms with Crippen molar-refractivity contribution in [3.05, 3.63) is 146 Å². The van der Waals surface area contributed by atoms with Crippen LogP contribution >= 0.6 is 11.3 Å². The van der Waals surface area contributed by atoms with E-state index in [-0.39, 0.29) is 0 Å². The van der Waals surface area contributed by atoms with Crippen molar-refractivity contribution in [2.75, 3.05) is 0 Å². The first-order valence-corrected chi connectivity index (χ1v) is 15.4. The lowest BCUT2D eigenvalue weighted by Gasteiger charge is -2.10. The molecule has 0 saturated carbocycles. The molecule has 0 atom stereocenters. The van der Waals surface area contributed by atoms with Gasteiger partial charge >= 0.3 is 0 Å². The van der Waals surface area contributed by atoms with Crippen LogP contribution in [0.15, 0.2) is 146 Å². The predicted molar refractivity (Wildman–Crippen MR) is 183 cm³/mol. The maximum Gasteiger partial charge on any atom is 0.164 e. The third kappa shape index (κ3) is 3.94. The fourth-order valence-corrected chi connectivity index (χ4v) is 7.47. The maximum absolute atomic E-state index is 4.92. The summed E-state index contributed by atoms with van der Waals surface area (Å²) in [5.41, 5.74) is 5.18. The molecule has 0 aliphatic carbocycles. The molecule has 0 fully saturated rings. The number of hydrogen-bond donors (Lipinski definition) is 0. The minimum absolute atomic E-state index is 0.653. The van der Waals surface area contributed by atoms with Gasteiger partial charge in [0.25, 0.3) is 0 Å². The molecule has 0 bridgehead atoms. The van der Waals surface area contributed by atoms with Crippen molar-refractivity contribution in [3.63, 3.8) is 0 Å². The molecule has 44 heavy (non-hydrogen) atoms. The maximum atomic E-state index is 4.92. The van der Waals surface area contributed by atoms with Crippen LogP contribution in [0, 0.1) is 0 Å². The van der Waals surface area contributed by atoms with Crippen molar-refractivity contribution in [1.29, 1.82) is 0 Å². The van der Waals surface area contributed by atoms with E-state index in [9.17, 15) is 0 Å². The number of nitrogens with zero attached hydrogens (tertiary/aromatic N) is 4. The zero-order chi connectivity index (χ0) is 29.0. The third-order valence-electron chi connectivity index (χ3n) is 8.26. The number of thiophene rings is 1. The van der Waals surface area contributed by atoms with Crippen LogP contribution in [0.5, 0.6) is 0 Å². The lowest BCUT2D eigenvalue weighted by Crippen LogP contribution is -2.00. The van der Waals surface area contributed by atoms with Gasteiger partial charge in [0.05, 0.1) is 5.52 Å². The van der Waals surface area contributed by atoms with Crippen molar-refractivity contribution in [2.24, 2.45) is 0 Å². The smallest absolute Gasteiger partial charge is 0.164 e. The monoisotopic (exact) mass is 580 g/mol. The van der Waals surface area contributed by atoms with Gasteiger partial charge in [-0.1, -0.05) is 109 Å². The third-order valence-corrected chi connectivity index (χ3v) is 9.40. The van der Waals surface area contributed by atoms with Crippen molar-refractivity contribution in [2.45, 2.75) is 0 Å². The summed E-state index contributed by atoms with van der Waals surface area (Å²) < 4.78 is 3.70. The molecule has 0 saturated heterocycles. The second kappa shape index (κ2) is 9.97. The predicted octanol–water partition coefficient (Wildman–Crippen LogP) is 10.3. The van der Waals surface area contributed by atoms with Gasteiger partial charge in [-0.2, -0.15) is 0 Å². The Bertz CT molecular complexity index is 2420. The van der Waals surface area contributed by atoms with Crippen LogP contribution in [0.2, 0.25) is 0 Å². The second-order valence-corrected chi connectivity index (χ2v) is 11.9. The topological polar surface area (TPSA) is 43.6 Å². The van der Waals surface area contributed by atoms with Crippen LogP contribution in [0.1, 0.15) is 0 Å². The summed E-state index contributed by atoms with van der Waals surface area (Å²) in [6.07, 6.45) is 0. The molecule has 3 heterocycles. The van der Waals surface area contributed by atoms with Crippen molar-refractivity contribution >= 4 is 53.3 Å². The average Bonchev–Trinajstić information content (AvgIpc) is 3.64. The highest BCUT2D eigenvalue weighted by molar-refractivity contribution is 7.26. The lowest BCUT2D eigenvalue weighted by molar-refractivity contribution is 1.07. The molecule has 0 amide bonds. The van der Waals surface area contributed by atoms with E-state index in [4.69, 9.17) is 15.0 Å². The number of benzene rings is 6. The quantitative estimate of drug-likeness (QED) is 0.208. The van der Waals surface area contributed by atoms with Crippen LogP contribution in [0.25, 0.3) is 81.8 Å². The highest BCUT2D eigenvalue weighted by Crippen LogP contribution is 2.45. The molecular weight excluding hydrogens is 557 g/mol. The average molecular weight is 581 g/mol. The van der Waals surface area contributed by atoms with Crippen LogP contribution < -0.4 is 0 Å². The molecule has 3 aromatic heterocycles. The first kappa shape index (κ1) is 24.9. The number of aromatic nitrogens is 4. The van der Waals surface area contributed by atoms with Gasteiger partial charge in [-0.05, 0) is 47.2 Å². The van der Waals surface area contributed by atoms with Crippen LogP contribution in [-0.2, 0) is 0 Å². The highest BCUT2D eigenvalue weighted by atomic mass is 32.1. The van der Waals surface area contributed by atoms with Crippen LogP contribution in [0.4, 0.5) is 0 Å².